The summed E-state index contributed by atoms with van der Waals surface area (Å²) in [6.07, 6.45) is 8.09. The third-order valence-corrected chi connectivity index (χ3v) is 4.61. The Morgan fingerprint density at radius 3 is 3.00 bits per heavy atom. The molecule has 1 aliphatic rings. The van der Waals surface area contributed by atoms with E-state index in [0.717, 1.165) is 37.1 Å². The summed E-state index contributed by atoms with van der Waals surface area (Å²) in [5.41, 5.74) is 2.20. The average Bonchev–Trinajstić information content (AvgIpc) is 2.66. The van der Waals surface area contributed by atoms with Gasteiger partial charge in [-0.3, -0.25) is 9.78 Å². The van der Waals surface area contributed by atoms with Crippen molar-refractivity contribution in [1.29, 1.82) is 0 Å². The predicted molar refractivity (Wildman–Crippen MR) is 97.5 cm³/mol. The van der Waals surface area contributed by atoms with Gasteiger partial charge in [0.15, 0.2) is 0 Å². The molecule has 1 aliphatic heterocycles. The standard InChI is InChI=1S/C19H25N5O/c1-3-16-8-4-5-10-24(16)19-22-14(2)11-17(23-19)18(25)21-13-15-7-6-9-20-12-15/h6-7,9,11-12,16H,3-5,8,10,13H2,1-2H3,(H,21,25). The normalized spacial score (nSPS) is 17.4. The minimum atomic E-state index is -0.180. The van der Waals surface area contributed by atoms with Crippen molar-refractivity contribution in [2.45, 2.75) is 52.1 Å². The van der Waals surface area contributed by atoms with Crippen LogP contribution < -0.4 is 10.2 Å². The first kappa shape index (κ1) is 17.3. The summed E-state index contributed by atoms with van der Waals surface area (Å²) in [6, 6.07) is 5.99. The molecule has 25 heavy (non-hydrogen) atoms. The summed E-state index contributed by atoms with van der Waals surface area (Å²) in [5, 5.41) is 2.91. The first-order chi connectivity index (χ1) is 12.2. The summed E-state index contributed by atoms with van der Waals surface area (Å²) < 4.78 is 0. The Hall–Kier alpha value is -2.50. The lowest BCUT2D eigenvalue weighted by atomic mass is 10.0. The number of piperidine rings is 1. The van der Waals surface area contributed by atoms with Gasteiger partial charge in [-0.15, -0.1) is 0 Å². The fraction of sp³-hybridized carbons (Fsp3) is 0.474. The van der Waals surface area contributed by atoms with E-state index in [0.29, 0.717) is 24.2 Å². The van der Waals surface area contributed by atoms with Crippen LogP contribution in [0.3, 0.4) is 0 Å². The number of aromatic nitrogens is 3. The summed E-state index contributed by atoms with van der Waals surface area (Å²) in [4.78, 5) is 28.0. The molecule has 6 nitrogen and oxygen atoms in total. The van der Waals surface area contributed by atoms with Gasteiger partial charge in [-0.05, 0) is 50.3 Å². The third kappa shape index (κ3) is 4.32. The fourth-order valence-electron chi connectivity index (χ4n) is 3.26. The van der Waals surface area contributed by atoms with Crippen LogP contribution in [0, 0.1) is 6.92 Å². The van der Waals surface area contributed by atoms with Gasteiger partial charge >= 0.3 is 0 Å². The molecule has 0 bridgehead atoms. The third-order valence-electron chi connectivity index (χ3n) is 4.61. The van der Waals surface area contributed by atoms with E-state index in [1.54, 1.807) is 18.5 Å². The van der Waals surface area contributed by atoms with Gasteiger partial charge in [0.1, 0.15) is 5.69 Å². The number of carbonyl (C=O) groups excluding carboxylic acids is 1. The van der Waals surface area contributed by atoms with Gasteiger partial charge in [-0.25, -0.2) is 9.97 Å². The zero-order valence-corrected chi connectivity index (χ0v) is 14.9. The minimum Gasteiger partial charge on any atom is -0.347 e. The number of aryl methyl sites for hydroxylation is 1. The van der Waals surface area contributed by atoms with Crippen molar-refractivity contribution in [2.24, 2.45) is 0 Å². The van der Waals surface area contributed by atoms with Crippen molar-refractivity contribution in [3.8, 4) is 0 Å². The number of hydrogen-bond acceptors (Lipinski definition) is 5. The average molecular weight is 339 g/mol. The molecule has 0 saturated carbocycles. The molecule has 1 unspecified atom stereocenters. The van der Waals surface area contributed by atoms with Crippen molar-refractivity contribution in [1.82, 2.24) is 20.3 Å². The van der Waals surface area contributed by atoms with Crippen LogP contribution in [-0.2, 0) is 6.54 Å². The molecule has 3 rings (SSSR count). The maximum absolute atomic E-state index is 12.5. The molecule has 6 heteroatoms. The van der Waals surface area contributed by atoms with Crippen LogP contribution in [0.2, 0.25) is 0 Å². The van der Waals surface area contributed by atoms with Crippen LogP contribution in [0.5, 0.6) is 0 Å². The fourth-order valence-corrected chi connectivity index (χ4v) is 3.26. The molecule has 2 aromatic rings. The van der Waals surface area contributed by atoms with Crippen molar-refractivity contribution in [3.63, 3.8) is 0 Å². The van der Waals surface area contributed by atoms with E-state index in [2.05, 4.69) is 32.1 Å². The smallest absolute Gasteiger partial charge is 0.270 e. The number of anilines is 1. The van der Waals surface area contributed by atoms with Crippen molar-refractivity contribution in [3.05, 3.63) is 47.5 Å². The highest BCUT2D eigenvalue weighted by atomic mass is 16.1. The number of nitrogens with zero attached hydrogens (tertiary/aromatic N) is 4. The monoisotopic (exact) mass is 339 g/mol. The molecule has 1 fully saturated rings. The molecule has 0 aromatic carbocycles. The Balaban J connectivity index is 1.75. The zero-order valence-electron chi connectivity index (χ0n) is 14.9. The Morgan fingerprint density at radius 2 is 2.24 bits per heavy atom. The molecule has 2 aromatic heterocycles. The molecule has 1 N–H and O–H groups in total. The van der Waals surface area contributed by atoms with Crippen LogP contribution in [0.15, 0.2) is 30.6 Å². The maximum atomic E-state index is 12.5. The van der Waals surface area contributed by atoms with E-state index in [1.165, 1.54) is 6.42 Å². The van der Waals surface area contributed by atoms with Crippen LogP contribution in [0.25, 0.3) is 0 Å². The van der Waals surface area contributed by atoms with E-state index in [1.807, 2.05) is 19.1 Å². The molecule has 1 saturated heterocycles. The highest BCUT2D eigenvalue weighted by Crippen LogP contribution is 2.24. The van der Waals surface area contributed by atoms with E-state index >= 15 is 0 Å². The second-order valence-electron chi connectivity index (χ2n) is 6.49. The zero-order chi connectivity index (χ0) is 17.6. The largest absolute Gasteiger partial charge is 0.347 e. The number of hydrogen-bond donors (Lipinski definition) is 1. The van der Waals surface area contributed by atoms with Gasteiger partial charge < -0.3 is 10.2 Å². The van der Waals surface area contributed by atoms with Crippen molar-refractivity contribution in [2.75, 3.05) is 11.4 Å². The highest BCUT2D eigenvalue weighted by molar-refractivity contribution is 5.92. The van der Waals surface area contributed by atoms with E-state index < -0.39 is 0 Å². The first-order valence-electron chi connectivity index (χ1n) is 8.97. The number of nitrogens with one attached hydrogen (secondary N) is 1. The lowest BCUT2D eigenvalue weighted by Gasteiger charge is -2.35. The lowest BCUT2D eigenvalue weighted by Crippen LogP contribution is -2.40. The molecular weight excluding hydrogens is 314 g/mol. The predicted octanol–water partition coefficient (Wildman–Crippen LogP) is 2.88. The maximum Gasteiger partial charge on any atom is 0.270 e. The molecule has 3 heterocycles. The molecule has 0 aliphatic carbocycles. The Morgan fingerprint density at radius 1 is 1.36 bits per heavy atom. The Kier molecular flexibility index (Phi) is 5.58. The Bertz CT molecular complexity index is 719. The molecule has 0 spiro atoms. The molecule has 0 radical (unpaired) electrons. The second kappa shape index (κ2) is 8.05. The minimum absolute atomic E-state index is 0.180. The molecule has 1 amide bonds. The first-order valence-corrected chi connectivity index (χ1v) is 8.97. The van der Waals surface area contributed by atoms with Crippen molar-refractivity contribution >= 4 is 11.9 Å². The van der Waals surface area contributed by atoms with Crippen LogP contribution in [0.4, 0.5) is 5.95 Å². The topological polar surface area (TPSA) is 71.0 Å². The Labute approximate surface area is 148 Å². The van der Waals surface area contributed by atoms with E-state index in [-0.39, 0.29) is 5.91 Å². The quantitative estimate of drug-likeness (QED) is 0.907. The number of amides is 1. The molecule has 132 valence electrons. The van der Waals surface area contributed by atoms with Crippen LogP contribution in [0.1, 0.15) is 54.4 Å². The summed E-state index contributed by atoms with van der Waals surface area (Å²) >= 11 is 0. The van der Waals surface area contributed by atoms with Gasteiger partial charge in [-0.2, -0.15) is 0 Å². The number of pyridine rings is 1. The highest BCUT2D eigenvalue weighted by Gasteiger charge is 2.24. The molecular formula is C19H25N5O. The van der Waals surface area contributed by atoms with Crippen LogP contribution >= 0.6 is 0 Å². The van der Waals surface area contributed by atoms with Gasteiger partial charge in [0.25, 0.3) is 5.91 Å². The van der Waals surface area contributed by atoms with Gasteiger partial charge in [0.2, 0.25) is 5.95 Å². The van der Waals surface area contributed by atoms with Gasteiger partial charge in [0.05, 0.1) is 0 Å². The van der Waals surface area contributed by atoms with Crippen molar-refractivity contribution < 1.29 is 4.79 Å². The van der Waals surface area contributed by atoms with Gasteiger partial charge in [-0.1, -0.05) is 13.0 Å². The molecule has 1 atom stereocenters. The second-order valence-corrected chi connectivity index (χ2v) is 6.49. The van der Waals surface area contributed by atoms with E-state index in [4.69, 9.17) is 0 Å². The summed E-state index contributed by atoms with van der Waals surface area (Å²) in [7, 11) is 0. The summed E-state index contributed by atoms with van der Waals surface area (Å²) in [6.45, 7) is 5.50. The number of carbonyl (C=O) groups is 1. The SMILES string of the molecule is CCC1CCCCN1c1nc(C)cc(C(=O)NCc2cccnc2)n1. The van der Waals surface area contributed by atoms with Gasteiger partial charge in [0, 0.05) is 37.2 Å². The van der Waals surface area contributed by atoms with E-state index in [9.17, 15) is 4.79 Å². The number of rotatable bonds is 5. The summed E-state index contributed by atoms with van der Waals surface area (Å²) in [5.74, 6) is 0.499. The lowest BCUT2D eigenvalue weighted by molar-refractivity contribution is 0.0945. The van der Waals surface area contributed by atoms with Crippen LogP contribution in [-0.4, -0.2) is 33.4 Å².